The molecule has 0 radical (unpaired) electrons. The Bertz CT molecular complexity index is 506. The average molecular weight is 307 g/mol. The first-order valence-corrected chi connectivity index (χ1v) is 6.14. The number of alkyl halides is 3. The van der Waals surface area contributed by atoms with Crippen molar-refractivity contribution in [1.82, 2.24) is 4.98 Å². The molecule has 1 N–H and O–H groups in total. The molecule has 0 spiro atoms. The van der Waals surface area contributed by atoms with E-state index in [9.17, 15) is 23.3 Å². The summed E-state index contributed by atoms with van der Waals surface area (Å²) in [6, 6.07) is 0.278. The zero-order valence-electron chi connectivity index (χ0n) is 11.8. The Kier molecular flexibility index (Phi) is 5.47. The average Bonchev–Trinajstić information content (AvgIpc) is 2.36. The molecule has 0 saturated carbocycles. The SMILES string of the molecule is COCC(Nc1cc(C(F)(F)F)ncc1[N+](=O)[O-])C(C)C. The van der Waals surface area contributed by atoms with Crippen LogP contribution in [0.15, 0.2) is 12.3 Å². The molecule has 0 aliphatic rings. The number of hydrogen-bond acceptors (Lipinski definition) is 5. The number of anilines is 1. The van der Waals surface area contributed by atoms with Gasteiger partial charge in [0.1, 0.15) is 17.6 Å². The van der Waals surface area contributed by atoms with Crippen molar-refractivity contribution < 1.29 is 22.8 Å². The van der Waals surface area contributed by atoms with Gasteiger partial charge in [-0.05, 0) is 12.0 Å². The summed E-state index contributed by atoms with van der Waals surface area (Å²) in [5.41, 5.74) is -1.92. The predicted octanol–water partition coefficient (Wildman–Crippen LogP) is 3.09. The summed E-state index contributed by atoms with van der Waals surface area (Å²) in [6.07, 6.45) is -4.06. The lowest BCUT2D eigenvalue weighted by Gasteiger charge is -2.22. The van der Waals surface area contributed by atoms with E-state index in [0.29, 0.717) is 12.3 Å². The van der Waals surface area contributed by atoms with Crippen LogP contribution in [0.4, 0.5) is 24.5 Å². The van der Waals surface area contributed by atoms with Gasteiger partial charge in [0.2, 0.25) is 0 Å². The maximum absolute atomic E-state index is 12.7. The minimum atomic E-state index is -4.67. The Balaban J connectivity index is 3.20. The highest BCUT2D eigenvalue weighted by atomic mass is 19.4. The van der Waals surface area contributed by atoms with Gasteiger partial charge in [0, 0.05) is 7.11 Å². The molecule has 1 heterocycles. The molecule has 1 unspecified atom stereocenters. The van der Waals surface area contributed by atoms with Gasteiger partial charge in [-0.2, -0.15) is 13.2 Å². The van der Waals surface area contributed by atoms with Crippen LogP contribution in [0.3, 0.4) is 0 Å². The van der Waals surface area contributed by atoms with Crippen LogP contribution >= 0.6 is 0 Å². The molecule has 0 bridgehead atoms. The monoisotopic (exact) mass is 307 g/mol. The van der Waals surface area contributed by atoms with Crippen LogP contribution in [0.1, 0.15) is 19.5 Å². The van der Waals surface area contributed by atoms with E-state index in [1.165, 1.54) is 7.11 Å². The lowest BCUT2D eigenvalue weighted by Crippen LogP contribution is -2.31. The number of rotatable bonds is 6. The first-order valence-electron chi connectivity index (χ1n) is 6.14. The molecule has 0 amide bonds. The normalized spacial score (nSPS) is 13.3. The molecule has 21 heavy (non-hydrogen) atoms. The maximum Gasteiger partial charge on any atom is 0.433 e. The van der Waals surface area contributed by atoms with Gasteiger partial charge in [0.25, 0.3) is 0 Å². The topological polar surface area (TPSA) is 77.3 Å². The number of halogens is 3. The van der Waals surface area contributed by atoms with Crippen LogP contribution in [0.2, 0.25) is 0 Å². The third-order valence-electron chi connectivity index (χ3n) is 2.86. The molecule has 118 valence electrons. The summed E-state index contributed by atoms with van der Waals surface area (Å²) in [5.74, 6) is 0.00653. The van der Waals surface area contributed by atoms with Crippen molar-refractivity contribution in [2.24, 2.45) is 5.92 Å². The first kappa shape index (κ1) is 17.2. The molecule has 1 aromatic heterocycles. The number of hydrogen-bond donors (Lipinski definition) is 1. The number of aromatic nitrogens is 1. The van der Waals surface area contributed by atoms with Gasteiger partial charge in [-0.1, -0.05) is 13.8 Å². The van der Waals surface area contributed by atoms with E-state index in [1.807, 2.05) is 13.8 Å². The fourth-order valence-electron chi connectivity index (χ4n) is 1.64. The Labute approximate surface area is 119 Å². The first-order chi connectivity index (χ1) is 9.66. The molecule has 0 saturated heterocycles. The van der Waals surface area contributed by atoms with Crippen molar-refractivity contribution in [3.8, 4) is 0 Å². The fourth-order valence-corrected chi connectivity index (χ4v) is 1.64. The largest absolute Gasteiger partial charge is 0.433 e. The van der Waals surface area contributed by atoms with E-state index in [0.717, 1.165) is 0 Å². The van der Waals surface area contributed by atoms with Crippen molar-refractivity contribution in [1.29, 1.82) is 0 Å². The lowest BCUT2D eigenvalue weighted by molar-refractivity contribution is -0.384. The second-order valence-corrected chi connectivity index (χ2v) is 4.79. The van der Waals surface area contributed by atoms with Gasteiger partial charge in [0.15, 0.2) is 0 Å². The van der Waals surface area contributed by atoms with E-state index in [1.54, 1.807) is 0 Å². The summed E-state index contributed by atoms with van der Waals surface area (Å²) in [7, 11) is 1.44. The highest BCUT2D eigenvalue weighted by Gasteiger charge is 2.34. The van der Waals surface area contributed by atoms with Crippen molar-refractivity contribution in [2.75, 3.05) is 19.0 Å². The summed E-state index contributed by atoms with van der Waals surface area (Å²) >= 11 is 0. The zero-order chi connectivity index (χ0) is 16.2. The standard InChI is InChI=1S/C12H16F3N3O3/c1-7(2)9(6-21-3)17-8-4-11(12(13,14)15)16-5-10(8)18(19)20/h4-5,7,9H,6H2,1-3H3,(H,16,17). The molecule has 6 nitrogen and oxygen atoms in total. The molecule has 0 aliphatic carbocycles. The summed E-state index contributed by atoms with van der Waals surface area (Å²) in [5, 5.41) is 13.6. The predicted molar refractivity (Wildman–Crippen MR) is 70.0 cm³/mol. The number of methoxy groups -OCH3 is 1. The van der Waals surface area contributed by atoms with Crippen LogP contribution in [0.25, 0.3) is 0 Å². The van der Waals surface area contributed by atoms with Gasteiger partial charge in [-0.15, -0.1) is 0 Å². The Morgan fingerprint density at radius 2 is 2.10 bits per heavy atom. The highest BCUT2D eigenvalue weighted by molar-refractivity contribution is 5.61. The Hall–Kier alpha value is -1.90. The van der Waals surface area contributed by atoms with Crippen LogP contribution < -0.4 is 5.32 Å². The molecule has 1 aromatic rings. The molecule has 1 rings (SSSR count). The quantitative estimate of drug-likeness (QED) is 0.645. The van der Waals surface area contributed by atoms with Gasteiger partial charge in [-0.3, -0.25) is 10.1 Å². The van der Waals surface area contributed by atoms with Gasteiger partial charge in [0.05, 0.1) is 17.6 Å². The molecule has 0 fully saturated rings. The Morgan fingerprint density at radius 1 is 1.48 bits per heavy atom. The molecular formula is C12H16F3N3O3. The van der Waals surface area contributed by atoms with Gasteiger partial charge in [-0.25, -0.2) is 4.98 Å². The van der Waals surface area contributed by atoms with Crippen LogP contribution in [-0.2, 0) is 10.9 Å². The lowest BCUT2D eigenvalue weighted by atomic mass is 10.0. The van der Waals surface area contributed by atoms with E-state index in [4.69, 9.17) is 4.74 Å². The van der Waals surface area contributed by atoms with Crippen molar-refractivity contribution in [2.45, 2.75) is 26.1 Å². The van der Waals surface area contributed by atoms with Crippen LogP contribution in [0.5, 0.6) is 0 Å². The van der Waals surface area contributed by atoms with E-state index in [2.05, 4.69) is 10.3 Å². The van der Waals surface area contributed by atoms with Gasteiger partial charge >= 0.3 is 11.9 Å². The molecule has 1 atom stereocenters. The molecule has 9 heteroatoms. The molecule has 0 aromatic carbocycles. The number of ether oxygens (including phenoxy) is 1. The molecule has 0 aliphatic heterocycles. The van der Waals surface area contributed by atoms with Crippen molar-refractivity contribution >= 4 is 11.4 Å². The third kappa shape index (κ3) is 4.55. The molecular weight excluding hydrogens is 291 g/mol. The smallest absolute Gasteiger partial charge is 0.383 e. The minimum absolute atomic E-state index is 0.00653. The summed E-state index contributed by atoms with van der Waals surface area (Å²) < 4.78 is 42.9. The second-order valence-electron chi connectivity index (χ2n) is 4.79. The van der Waals surface area contributed by atoms with Crippen molar-refractivity contribution in [3.05, 3.63) is 28.1 Å². The third-order valence-corrected chi connectivity index (χ3v) is 2.86. The summed E-state index contributed by atoms with van der Waals surface area (Å²) in [4.78, 5) is 13.2. The van der Waals surface area contributed by atoms with Crippen LogP contribution in [-0.4, -0.2) is 29.7 Å². The number of pyridine rings is 1. The number of nitrogens with one attached hydrogen (secondary N) is 1. The number of nitro groups is 1. The van der Waals surface area contributed by atoms with Gasteiger partial charge < -0.3 is 10.1 Å². The Morgan fingerprint density at radius 3 is 2.52 bits per heavy atom. The summed E-state index contributed by atoms with van der Waals surface area (Å²) in [6.45, 7) is 3.86. The second kappa shape index (κ2) is 6.70. The maximum atomic E-state index is 12.7. The van der Waals surface area contributed by atoms with E-state index in [-0.39, 0.29) is 24.3 Å². The fraction of sp³-hybridized carbons (Fsp3) is 0.583. The van der Waals surface area contributed by atoms with Crippen molar-refractivity contribution in [3.63, 3.8) is 0 Å². The zero-order valence-corrected chi connectivity index (χ0v) is 11.8. The minimum Gasteiger partial charge on any atom is -0.383 e. The van der Waals surface area contributed by atoms with Crippen LogP contribution in [0, 0.1) is 16.0 Å². The number of nitrogens with zero attached hydrogens (tertiary/aromatic N) is 2. The van der Waals surface area contributed by atoms with E-state index < -0.39 is 22.5 Å². The highest BCUT2D eigenvalue weighted by Crippen LogP contribution is 2.33. The van der Waals surface area contributed by atoms with E-state index >= 15 is 0 Å².